The molecular formula is C11H27N3O3S. The summed E-state index contributed by atoms with van der Waals surface area (Å²) in [5.74, 6) is -0.00172. The molecule has 6 nitrogen and oxygen atoms in total. The standard InChI is InChI=1S/C11H27N3O3S/c1-3-14(4-2)8-5-7-13-18(15,16)11-10-17-9-6-12/h13H,3-12H2,1-2H3. The van der Waals surface area contributed by atoms with Crippen LogP contribution >= 0.6 is 0 Å². The van der Waals surface area contributed by atoms with Gasteiger partial charge in [-0.3, -0.25) is 0 Å². The maximum Gasteiger partial charge on any atom is 0.213 e. The average molecular weight is 281 g/mol. The van der Waals surface area contributed by atoms with E-state index in [9.17, 15) is 8.42 Å². The SMILES string of the molecule is CCN(CC)CCCNS(=O)(=O)CCOCCN. The zero-order valence-electron chi connectivity index (χ0n) is 11.5. The van der Waals surface area contributed by atoms with Gasteiger partial charge in [0.1, 0.15) is 0 Å². The van der Waals surface area contributed by atoms with Crippen molar-refractivity contribution >= 4 is 10.0 Å². The van der Waals surface area contributed by atoms with E-state index >= 15 is 0 Å². The first-order valence-electron chi connectivity index (χ1n) is 6.53. The summed E-state index contributed by atoms with van der Waals surface area (Å²) in [4.78, 5) is 2.26. The number of ether oxygens (including phenoxy) is 1. The molecule has 0 heterocycles. The molecule has 0 fully saturated rings. The van der Waals surface area contributed by atoms with Crippen LogP contribution in [0.1, 0.15) is 20.3 Å². The van der Waals surface area contributed by atoms with Gasteiger partial charge in [0, 0.05) is 13.1 Å². The second-order valence-electron chi connectivity index (χ2n) is 3.99. The highest BCUT2D eigenvalue weighted by Crippen LogP contribution is 1.91. The van der Waals surface area contributed by atoms with Crippen LogP contribution in [-0.4, -0.2) is 65.0 Å². The molecule has 110 valence electrons. The Hall–Kier alpha value is -0.210. The number of hydrogen-bond donors (Lipinski definition) is 2. The molecule has 3 N–H and O–H groups in total. The molecule has 0 aliphatic rings. The molecule has 0 atom stereocenters. The van der Waals surface area contributed by atoms with Gasteiger partial charge in [-0.2, -0.15) is 0 Å². The first-order chi connectivity index (χ1) is 8.55. The van der Waals surface area contributed by atoms with E-state index < -0.39 is 10.0 Å². The van der Waals surface area contributed by atoms with Gasteiger partial charge in [0.2, 0.25) is 10.0 Å². The number of rotatable bonds is 12. The molecule has 7 heteroatoms. The van der Waals surface area contributed by atoms with E-state index in [4.69, 9.17) is 10.5 Å². The fourth-order valence-corrected chi connectivity index (χ4v) is 2.43. The Morgan fingerprint density at radius 2 is 1.89 bits per heavy atom. The van der Waals surface area contributed by atoms with Gasteiger partial charge in [0.25, 0.3) is 0 Å². The lowest BCUT2D eigenvalue weighted by atomic mass is 10.4. The number of hydrogen-bond acceptors (Lipinski definition) is 5. The second-order valence-corrected chi connectivity index (χ2v) is 5.92. The lowest BCUT2D eigenvalue weighted by molar-refractivity contribution is 0.156. The summed E-state index contributed by atoms with van der Waals surface area (Å²) < 4.78 is 30.7. The van der Waals surface area contributed by atoms with Crippen molar-refractivity contribution in [2.45, 2.75) is 20.3 Å². The van der Waals surface area contributed by atoms with Crippen LogP contribution in [0, 0.1) is 0 Å². The van der Waals surface area contributed by atoms with Crippen molar-refractivity contribution in [1.29, 1.82) is 0 Å². The molecule has 0 aliphatic heterocycles. The Balaban J connectivity index is 3.64. The summed E-state index contributed by atoms with van der Waals surface area (Å²) in [7, 11) is -3.21. The van der Waals surface area contributed by atoms with Gasteiger partial charge in [0.05, 0.1) is 19.0 Å². The maximum absolute atomic E-state index is 11.5. The van der Waals surface area contributed by atoms with Crippen LogP contribution in [0.25, 0.3) is 0 Å². The summed E-state index contributed by atoms with van der Waals surface area (Å²) in [5, 5.41) is 0. The first-order valence-corrected chi connectivity index (χ1v) is 8.18. The van der Waals surface area contributed by atoms with Gasteiger partial charge in [-0.15, -0.1) is 0 Å². The van der Waals surface area contributed by atoms with Crippen molar-refractivity contribution in [3.05, 3.63) is 0 Å². The molecule has 0 saturated heterocycles. The van der Waals surface area contributed by atoms with Crippen LogP contribution in [-0.2, 0) is 14.8 Å². The van der Waals surface area contributed by atoms with E-state index in [2.05, 4.69) is 23.5 Å². The van der Waals surface area contributed by atoms with Gasteiger partial charge in [-0.25, -0.2) is 13.1 Å². The van der Waals surface area contributed by atoms with Gasteiger partial charge in [-0.05, 0) is 26.1 Å². The summed E-state index contributed by atoms with van der Waals surface area (Å²) >= 11 is 0. The third-order valence-corrected chi connectivity index (χ3v) is 3.97. The molecule has 0 spiro atoms. The third-order valence-electron chi connectivity index (χ3n) is 2.63. The Bertz CT molecular complexity index is 279. The molecule has 0 rings (SSSR count). The van der Waals surface area contributed by atoms with Crippen molar-refractivity contribution in [2.75, 3.05) is 51.7 Å². The average Bonchev–Trinajstić information content (AvgIpc) is 2.35. The molecule has 0 amide bonds. The fraction of sp³-hybridized carbons (Fsp3) is 1.00. The zero-order chi connectivity index (χ0) is 13.9. The largest absolute Gasteiger partial charge is 0.379 e. The van der Waals surface area contributed by atoms with E-state index in [1.54, 1.807) is 0 Å². The van der Waals surface area contributed by atoms with Crippen LogP contribution in [0.4, 0.5) is 0 Å². The van der Waals surface area contributed by atoms with E-state index in [0.29, 0.717) is 19.7 Å². The second kappa shape index (κ2) is 10.7. The van der Waals surface area contributed by atoms with Gasteiger partial charge in [0.15, 0.2) is 0 Å². The van der Waals surface area contributed by atoms with E-state index in [-0.39, 0.29) is 12.4 Å². The predicted octanol–water partition coefficient (Wildman–Crippen LogP) is -0.387. The minimum absolute atomic E-state index is 0.00172. The Labute approximate surface area is 111 Å². The molecule has 0 saturated carbocycles. The molecule has 18 heavy (non-hydrogen) atoms. The molecule has 0 bridgehead atoms. The van der Waals surface area contributed by atoms with Crippen LogP contribution < -0.4 is 10.5 Å². The van der Waals surface area contributed by atoms with Crippen LogP contribution in [0.5, 0.6) is 0 Å². The lowest BCUT2D eigenvalue weighted by Gasteiger charge is -2.17. The zero-order valence-corrected chi connectivity index (χ0v) is 12.3. The highest BCUT2D eigenvalue weighted by molar-refractivity contribution is 7.89. The topological polar surface area (TPSA) is 84.7 Å². The molecule has 0 aromatic rings. The summed E-state index contributed by atoms with van der Waals surface area (Å²) in [6.45, 7) is 8.60. The molecule has 0 unspecified atom stereocenters. The molecule has 0 aromatic heterocycles. The summed E-state index contributed by atoms with van der Waals surface area (Å²) in [6.07, 6.45) is 0.824. The van der Waals surface area contributed by atoms with Crippen LogP contribution in [0.3, 0.4) is 0 Å². The Kier molecular flexibility index (Phi) is 10.6. The quantitative estimate of drug-likeness (QED) is 0.476. The van der Waals surface area contributed by atoms with Crippen molar-refractivity contribution < 1.29 is 13.2 Å². The summed E-state index contributed by atoms with van der Waals surface area (Å²) in [5.41, 5.74) is 5.24. The normalized spacial score (nSPS) is 12.2. The third kappa shape index (κ3) is 9.78. The first kappa shape index (κ1) is 17.8. The predicted molar refractivity (Wildman–Crippen MR) is 74.1 cm³/mol. The number of sulfonamides is 1. The van der Waals surface area contributed by atoms with Crippen molar-refractivity contribution in [1.82, 2.24) is 9.62 Å². The van der Waals surface area contributed by atoms with Crippen LogP contribution in [0.2, 0.25) is 0 Å². The maximum atomic E-state index is 11.5. The number of nitrogens with zero attached hydrogens (tertiary/aromatic N) is 1. The highest BCUT2D eigenvalue weighted by atomic mass is 32.2. The van der Waals surface area contributed by atoms with Gasteiger partial charge in [-0.1, -0.05) is 13.8 Å². The van der Waals surface area contributed by atoms with E-state index in [0.717, 1.165) is 26.1 Å². The van der Waals surface area contributed by atoms with Gasteiger partial charge < -0.3 is 15.4 Å². The Morgan fingerprint density at radius 3 is 2.44 bits per heavy atom. The fourth-order valence-electron chi connectivity index (χ4n) is 1.50. The van der Waals surface area contributed by atoms with Gasteiger partial charge >= 0.3 is 0 Å². The minimum atomic E-state index is -3.21. The van der Waals surface area contributed by atoms with Crippen LogP contribution in [0.15, 0.2) is 0 Å². The summed E-state index contributed by atoms with van der Waals surface area (Å²) in [6, 6.07) is 0. The van der Waals surface area contributed by atoms with E-state index in [1.165, 1.54) is 0 Å². The van der Waals surface area contributed by atoms with E-state index in [1.807, 2.05) is 0 Å². The van der Waals surface area contributed by atoms with Crippen molar-refractivity contribution in [2.24, 2.45) is 5.73 Å². The number of nitrogens with one attached hydrogen (secondary N) is 1. The Morgan fingerprint density at radius 1 is 1.22 bits per heavy atom. The monoisotopic (exact) mass is 281 g/mol. The molecule has 0 aromatic carbocycles. The molecular weight excluding hydrogens is 254 g/mol. The van der Waals surface area contributed by atoms with Crippen molar-refractivity contribution in [3.8, 4) is 0 Å². The van der Waals surface area contributed by atoms with Crippen molar-refractivity contribution in [3.63, 3.8) is 0 Å². The number of nitrogens with two attached hydrogens (primary N) is 1. The minimum Gasteiger partial charge on any atom is -0.379 e. The lowest BCUT2D eigenvalue weighted by Crippen LogP contribution is -2.32. The smallest absolute Gasteiger partial charge is 0.213 e. The molecule has 0 radical (unpaired) electrons. The molecule has 0 aliphatic carbocycles. The highest BCUT2D eigenvalue weighted by Gasteiger charge is 2.09.